The lowest BCUT2D eigenvalue weighted by molar-refractivity contribution is 0.115. The molecule has 92 valence electrons. The standard InChI is InChI=1S/C13H18N2OS/c1-9(16-3)7-14-10(2)11-6-13-12(15-8-11)4-5-17-13/h4-6,8-10,14H,7H2,1-3H3. The Balaban J connectivity index is 2.05. The third-order valence-electron chi connectivity index (χ3n) is 2.94. The summed E-state index contributed by atoms with van der Waals surface area (Å²) >= 11 is 1.73. The maximum Gasteiger partial charge on any atom is 0.0809 e. The average molecular weight is 250 g/mol. The molecule has 0 aliphatic heterocycles. The smallest absolute Gasteiger partial charge is 0.0809 e. The van der Waals surface area contributed by atoms with E-state index in [9.17, 15) is 0 Å². The quantitative estimate of drug-likeness (QED) is 0.886. The Hall–Kier alpha value is -0.970. The van der Waals surface area contributed by atoms with Crippen LogP contribution in [-0.2, 0) is 4.74 Å². The van der Waals surface area contributed by atoms with Crippen molar-refractivity contribution in [2.24, 2.45) is 0 Å². The van der Waals surface area contributed by atoms with Crippen LogP contribution in [0.15, 0.2) is 23.7 Å². The molecule has 0 aliphatic carbocycles. The van der Waals surface area contributed by atoms with Crippen molar-refractivity contribution in [2.45, 2.75) is 26.0 Å². The van der Waals surface area contributed by atoms with E-state index < -0.39 is 0 Å². The van der Waals surface area contributed by atoms with E-state index in [0.717, 1.165) is 12.1 Å². The van der Waals surface area contributed by atoms with Crippen LogP contribution in [0, 0.1) is 0 Å². The molecule has 2 heterocycles. The fourth-order valence-corrected chi connectivity index (χ4v) is 2.43. The second-order valence-corrected chi connectivity index (χ2v) is 5.20. The van der Waals surface area contributed by atoms with Crippen molar-refractivity contribution in [1.29, 1.82) is 0 Å². The number of rotatable bonds is 5. The minimum atomic E-state index is 0.232. The van der Waals surface area contributed by atoms with Gasteiger partial charge in [0, 0.05) is 25.9 Å². The Morgan fingerprint density at radius 1 is 1.47 bits per heavy atom. The van der Waals surface area contributed by atoms with E-state index in [1.165, 1.54) is 10.3 Å². The molecule has 0 aliphatic rings. The van der Waals surface area contributed by atoms with E-state index in [0.29, 0.717) is 6.04 Å². The summed E-state index contributed by atoms with van der Waals surface area (Å²) in [5.74, 6) is 0. The number of nitrogens with zero attached hydrogens (tertiary/aromatic N) is 1. The van der Waals surface area contributed by atoms with Gasteiger partial charge in [0.1, 0.15) is 0 Å². The predicted molar refractivity (Wildman–Crippen MR) is 72.5 cm³/mol. The van der Waals surface area contributed by atoms with E-state index in [1.54, 1.807) is 18.4 Å². The molecule has 2 atom stereocenters. The van der Waals surface area contributed by atoms with Crippen molar-refractivity contribution in [3.63, 3.8) is 0 Å². The van der Waals surface area contributed by atoms with Gasteiger partial charge in [0.15, 0.2) is 0 Å². The fraction of sp³-hybridized carbons (Fsp3) is 0.462. The van der Waals surface area contributed by atoms with Gasteiger partial charge < -0.3 is 10.1 Å². The van der Waals surface area contributed by atoms with Crippen LogP contribution in [0.4, 0.5) is 0 Å². The van der Waals surface area contributed by atoms with Crippen LogP contribution in [0.1, 0.15) is 25.5 Å². The number of hydrogen-bond acceptors (Lipinski definition) is 4. The second kappa shape index (κ2) is 5.58. The monoisotopic (exact) mass is 250 g/mol. The summed E-state index contributed by atoms with van der Waals surface area (Å²) in [6.07, 6.45) is 2.18. The highest BCUT2D eigenvalue weighted by atomic mass is 32.1. The van der Waals surface area contributed by atoms with Crippen LogP contribution in [0.2, 0.25) is 0 Å². The SMILES string of the molecule is COC(C)CNC(C)c1cnc2ccsc2c1. The molecule has 0 saturated carbocycles. The number of nitrogens with one attached hydrogen (secondary N) is 1. The molecule has 4 heteroatoms. The van der Waals surface area contributed by atoms with Crippen molar-refractivity contribution >= 4 is 21.6 Å². The minimum absolute atomic E-state index is 0.232. The van der Waals surface area contributed by atoms with Gasteiger partial charge in [-0.25, -0.2) is 0 Å². The zero-order valence-electron chi connectivity index (χ0n) is 10.4. The second-order valence-electron chi connectivity index (χ2n) is 4.25. The summed E-state index contributed by atoms with van der Waals surface area (Å²) in [5, 5.41) is 5.52. The van der Waals surface area contributed by atoms with E-state index in [2.05, 4.69) is 41.7 Å². The molecule has 0 amide bonds. The molecule has 0 bridgehead atoms. The van der Waals surface area contributed by atoms with Gasteiger partial charge in [0.05, 0.1) is 16.3 Å². The molecule has 2 aromatic heterocycles. The van der Waals surface area contributed by atoms with Gasteiger partial charge in [-0.1, -0.05) is 0 Å². The van der Waals surface area contributed by atoms with Crippen LogP contribution in [0.3, 0.4) is 0 Å². The van der Waals surface area contributed by atoms with Crippen LogP contribution in [0.5, 0.6) is 0 Å². The number of hydrogen-bond donors (Lipinski definition) is 1. The minimum Gasteiger partial charge on any atom is -0.380 e. The predicted octanol–water partition coefficient (Wildman–Crippen LogP) is 2.98. The molecule has 0 radical (unpaired) electrons. The molecule has 2 aromatic rings. The molecule has 0 fully saturated rings. The molecular formula is C13H18N2OS. The highest BCUT2D eigenvalue weighted by molar-refractivity contribution is 7.17. The fourth-order valence-electron chi connectivity index (χ4n) is 1.64. The summed E-state index contributed by atoms with van der Waals surface area (Å²) in [6, 6.07) is 4.56. The van der Waals surface area contributed by atoms with Gasteiger partial charge >= 0.3 is 0 Å². The highest BCUT2D eigenvalue weighted by Gasteiger charge is 2.08. The molecule has 0 aromatic carbocycles. The maximum atomic E-state index is 5.22. The molecule has 2 unspecified atom stereocenters. The Morgan fingerprint density at radius 2 is 2.29 bits per heavy atom. The van der Waals surface area contributed by atoms with E-state index >= 15 is 0 Å². The normalized spacial score (nSPS) is 15.0. The van der Waals surface area contributed by atoms with Crippen LogP contribution < -0.4 is 5.32 Å². The Labute approximate surface area is 106 Å². The first-order valence-corrected chi connectivity index (χ1v) is 6.68. The van der Waals surface area contributed by atoms with Gasteiger partial charge in [-0.15, -0.1) is 11.3 Å². The molecule has 17 heavy (non-hydrogen) atoms. The maximum absolute atomic E-state index is 5.22. The summed E-state index contributed by atoms with van der Waals surface area (Å²) in [4.78, 5) is 4.45. The zero-order chi connectivity index (χ0) is 12.3. The van der Waals surface area contributed by atoms with Gasteiger partial charge in [-0.3, -0.25) is 4.98 Å². The average Bonchev–Trinajstić information content (AvgIpc) is 2.82. The first-order valence-electron chi connectivity index (χ1n) is 5.80. The molecular weight excluding hydrogens is 232 g/mol. The van der Waals surface area contributed by atoms with Crippen molar-refractivity contribution in [3.05, 3.63) is 29.3 Å². The van der Waals surface area contributed by atoms with Crippen LogP contribution in [-0.4, -0.2) is 24.7 Å². The van der Waals surface area contributed by atoms with Crippen molar-refractivity contribution in [2.75, 3.05) is 13.7 Å². The summed E-state index contributed by atoms with van der Waals surface area (Å²) in [6.45, 7) is 5.05. The third-order valence-corrected chi connectivity index (χ3v) is 3.79. The lowest BCUT2D eigenvalue weighted by atomic mass is 10.1. The van der Waals surface area contributed by atoms with Crippen molar-refractivity contribution in [1.82, 2.24) is 10.3 Å². The molecule has 2 rings (SSSR count). The number of methoxy groups -OCH3 is 1. The molecule has 3 nitrogen and oxygen atoms in total. The van der Waals surface area contributed by atoms with E-state index in [-0.39, 0.29) is 6.10 Å². The summed E-state index contributed by atoms with van der Waals surface area (Å²) in [5.41, 5.74) is 2.31. The molecule has 0 saturated heterocycles. The van der Waals surface area contributed by atoms with Crippen molar-refractivity contribution < 1.29 is 4.74 Å². The number of thiophene rings is 1. The lowest BCUT2D eigenvalue weighted by Crippen LogP contribution is -2.28. The summed E-state index contributed by atoms with van der Waals surface area (Å²) < 4.78 is 6.46. The number of pyridine rings is 1. The van der Waals surface area contributed by atoms with Gasteiger partial charge in [0.25, 0.3) is 0 Å². The third kappa shape index (κ3) is 3.03. The number of aromatic nitrogens is 1. The van der Waals surface area contributed by atoms with Crippen LogP contribution >= 0.6 is 11.3 Å². The first kappa shape index (κ1) is 12.5. The number of ether oxygens (including phenoxy) is 1. The van der Waals surface area contributed by atoms with E-state index in [4.69, 9.17) is 4.74 Å². The topological polar surface area (TPSA) is 34.1 Å². The first-order chi connectivity index (χ1) is 8.20. The van der Waals surface area contributed by atoms with Gasteiger partial charge in [-0.05, 0) is 36.9 Å². The molecule has 0 spiro atoms. The Morgan fingerprint density at radius 3 is 3.06 bits per heavy atom. The van der Waals surface area contributed by atoms with E-state index in [1.807, 2.05) is 6.20 Å². The zero-order valence-corrected chi connectivity index (χ0v) is 11.3. The van der Waals surface area contributed by atoms with Crippen molar-refractivity contribution in [3.8, 4) is 0 Å². The highest BCUT2D eigenvalue weighted by Crippen LogP contribution is 2.22. The molecule has 1 N–H and O–H groups in total. The lowest BCUT2D eigenvalue weighted by Gasteiger charge is -2.17. The van der Waals surface area contributed by atoms with Gasteiger partial charge in [-0.2, -0.15) is 0 Å². The van der Waals surface area contributed by atoms with Gasteiger partial charge in [0.2, 0.25) is 0 Å². The van der Waals surface area contributed by atoms with Crippen LogP contribution in [0.25, 0.3) is 10.2 Å². The summed E-state index contributed by atoms with van der Waals surface area (Å²) in [7, 11) is 1.73. The largest absolute Gasteiger partial charge is 0.380 e. The Bertz CT molecular complexity index is 483. The number of fused-ring (bicyclic) bond motifs is 1. The Kier molecular flexibility index (Phi) is 4.10.